The minimum absolute atomic E-state index is 0.0421. The van der Waals surface area contributed by atoms with Crippen molar-refractivity contribution in [1.29, 1.82) is 0 Å². The molecule has 1 aliphatic heterocycles. The lowest BCUT2D eigenvalue weighted by molar-refractivity contribution is -0.137. The number of ether oxygens (including phenoxy) is 2. The molecular weight excluding hydrogens is 386 g/mol. The molecule has 0 radical (unpaired) electrons. The van der Waals surface area contributed by atoms with Crippen molar-refractivity contribution in [2.45, 2.75) is 18.9 Å². The Balaban J connectivity index is 1.41. The summed E-state index contributed by atoms with van der Waals surface area (Å²) in [6.45, 7) is 0.789. The molecule has 0 fully saturated rings. The third kappa shape index (κ3) is 4.07. The summed E-state index contributed by atoms with van der Waals surface area (Å²) in [5, 5.41) is 10.7. The first-order chi connectivity index (χ1) is 13.1. The van der Waals surface area contributed by atoms with Crippen LogP contribution in [0.3, 0.4) is 0 Å². The van der Waals surface area contributed by atoms with Crippen molar-refractivity contribution in [1.82, 2.24) is 4.98 Å². The molecule has 27 heavy (non-hydrogen) atoms. The van der Waals surface area contributed by atoms with Crippen LogP contribution in [0.1, 0.15) is 23.6 Å². The summed E-state index contributed by atoms with van der Waals surface area (Å²) in [4.78, 5) is 15.6. The van der Waals surface area contributed by atoms with Gasteiger partial charge in [-0.15, -0.1) is 11.3 Å². The number of fused-ring (bicyclic) bond motifs is 1. The summed E-state index contributed by atoms with van der Waals surface area (Å²) >= 11 is 7.48. The zero-order valence-corrected chi connectivity index (χ0v) is 15.8. The van der Waals surface area contributed by atoms with E-state index in [1.807, 2.05) is 47.8 Å². The standard InChI is InChI=1S/C20H16ClNO4S/c21-14-3-1-12(2-4-14)20-22-15(11-27-20)10-25-16-5-6-17-13(7-19(23)24)9-26-18(17)8-16/h1-6,8,11,13H,7,9-10H2,(H,23,24)/p+1. The van der Waals surface area contributed by atoms with Gasteiger partial charge in [-0.2, -0.15) is 0 Å². The Morgan fingerprint density at radius 1 is 1.30 bits per heavy atom. The van der Waals surface area contributed by atoms with Crippen LogP contribution in [0.2, 0.25) is 5.02 Å². The molecule has 138 valence electrons. The second kappa shape index (κ2) is 7.58. The first kappa shape index (κ1) is 17.8. The van der Waals surface area contributed by atoms with Gasteiger partial charge in [-0.05, 0) is 18.2 Å². The minimum Gasteiger partial charge on any atom is -0.565 e. The summed E-state index contributed by atoms with van der Waals surface area (Å²) in [7, 11) is 0. The molecule has 2 N–H and O–H groups in total. The summed E-state index contributed by atoms with van der Waals surface area (Å²) in [5.74, 6) is 0.794. The van der Waals surface area contributed by atoms with Gasteiger partial charge in [-0.25, -0.2) is 4.98 Å². The maximum atomic E-state index is 11.0. The van der Waals surface area contributed by atoms with Gasteiger partial charge >= 0.3 is 5.97 Å². The highest BCUT2D eigenvalue weighted by atomic mass is 35.5. The number of halogens is 1. The van der Waals surface area contributed by atoms with Crippen LogP contribution in [0.15, 0.2) is 47.8 Å². The van der Waals surface area contributed by atoms with Gasteiger partial charge < -0.3 is 14.6 Å². The lowest BCUT2D eigenvalue weighted by Crippen LogP contribution is -2.07. The zero-order valence-electron chi connectivity index (χ0n) is 14.3. The van der Waals surface area contributed by atoms with Crippen LogP contribution in [0.5, 0.6) is 11.5 Å². The molecule has 1 atom stereocenters. The summed E-state index contributed by atoms with van der Waals surface area (Å²) < 4.78 is 11.5. The van der Waals surface area contributed by atoms with E-state index in [2.05, 4.69) is 4.98 Å². The van der Waals surface area contributed by atoms with Crippen LogP contribution in [0.4, 0.5) is 0 Å². The van der Waals surface area contributed by atoms with E-state index in [4.69, 9.17) is 26.2 Å². The highest BCUT2D eigenvalue weighted by Gasteiger charge is 2.29. The van der Waals surface area contributed by atoms with Crippen LogP contribution in [-0.2, 0) is 11.4 Å². The van der Waals surface area contributed by atoms with Gasteiger partial charge in [0.1, 0.15) is 29.5 Å². The third-order valence-electron chi connectivity index (χ3n) is 4.33. The molecule has 3 aromatic rings. The van der Waals surface area contributed by atoms with Crippen molar-refractivity contribution in [3.63, 3.8) is 0 Å². The van der Waals surface area contributed by atoms with Gasteiger partial charge in [0.25, 0.3) is 0 Å². The molecule has 1 aliphatic rings. The lowest BCUT2D eigenvalue weighted by atomic mass is 9.98. The molecule has 0 aliphatic carbocycles. The molecule has 0 spiro atoms. The molecular formula is C20H17ClNO4S+. The van der Waals surface area contributed by atoms with Crippen molar-refractivity contribution < 1.29 is 19.4 Å². The molecule has 7 heteroatoms. The normalized spacial score (nSPS) is 15.2. The van der Waals surface area contributed by atoms with E-state index in [1.54, 1.807) is 11.3 Å². The van der Waals surface area contributed by atoms with Gasteiger partial charge in [-0.3, -0.25) is 0 Å². The first-order valence-electron chi connectivity index (χ1n) is 8.43. The van der Waals surface area contributed by atoms with Crippen molar-refractivity contribution in [2.75, 3.05) is 6.61 Å². The highest BCUT2D eigenvalue weighted by Crippen LogP contribution is 2.38. The average Bonchev–Trinajstić information content (AvgIpc) is 3.27. The number of benzene rings is 2. The van der Waals surface area contributed by atoms with E-state index in [0.29, 0.717) is 24.0 Å². The Morgan fingerprint density at radius 3 is 2.89 bits per heavy atom. The molecule has 0 amide bonds. The van der Waals surface area contributed by atoms with Crippen LogP contribution in [0.25, 0.3) is 10.6 Å². The Morgan fingerprint density at radius 2 is 2.11 bits per heavy atom. The number of thiazole rings is 1. The number of carbonyl (C=O) groups excluding carboxylic acids is 1. The zero-order chi connectivity index (χ0) is 18.8. The molecule has 2 heterocycles. The van der Waals surface area contributed by atoms with Gasteiger partial charge in [0.05, 0.1) is 12.3 Å². The molecule has 5 nitrogen and oxygen atoms in total. The number of rotatable bonds is 6. The maximum absolute atomic E-state index is 11.0. The minimum atomic E-state index is -0.572. The van der Waals surface area contributed by atoms with Crippen LogP contribution >= 0.6 is 22.9 Å². The molecule has 1 aromatic heterocycles. The van der Waals surface area contributed by atoms with E-state index in [1.165, 1.54) is 0 Å². The Hall–Kier alpha value is -2.57. The molecule has 2 aromatic carbocycles. The fourth-order valence-electron chi connectivity index (χ4n) is 3.00. The number of nitrogens with zero attached hydrogens (tertiary/aromatic N) is 1. The summed E-state index contributed by atoms with van der Waals surface area (Å²) in [6.07, 6.45) is 0.180. The highest BCUT2D eigenvalue weighted by molar-refractivity contribution is 7.13. The monoisotopic (exact) mass is 402 g/mol. The largest absolute Gasteiger partial charge is 0.565 e. The van der Waals surface area contributed by atoms with E-state index < -0.39 is 5.97 Å². The van der Waals surface area contributed by atoms with E-state index in [-0.39, 0.29) is 12.3 Å². The van der Waals surface area contributed by atoms with Crippen molar-refractivity contribution in [2.24, 2.45) is 0 Å². The van der Waals surface area contributed by atoms with Gasteiger partial charge in [0.15, 0.2) is 0 Å². The summed E-state index contributed by atoms with van der Waals surface area (Å²) in [5.41, 5.74) is 2.84. The summed E-state index contributed by atoms with van der Waals surface area (Å²) in [6, 6.07) is 13.2. The second-order valence-electron chi connectivity index (χ2n) is 6.27. The molecule has 0 bridgehead atoms. The number of hydrogen-bond acceptors (Lipinski definition) is 5. The van der Waals surface area contributed by atoms with E-state index in [9.17, 15) is 4.79 Å². The van der Waals surface area contributed by atoms with Crippen molar-refractivity contribution >= 4 is 28.9 Å². The van der Waals surface area contributed by atoms with Gasteiger partial charge in [-0.1, -0.05) is 29.8 Å². The SMILES string of the molecule is O=C([OH2+])CC1COc2cc(OCc3csc(-c4ccc(Cl)cc4)n3)ccc21. The fraction of sp³-hybridized carbons (Fsp3) is 0.200. The quantitative estimate of drug-likeness (QED) is 0.580. The number of hydrogen-bond donors (Lipinski definition) is 0. The van der Waals surface area contributed by atoms with Crippen LogP contribution in [0, 0.1) is 0 Å². The smallest absolute Gasteiger partial charge is 0.516 e. The van der Waals surface area contributed by atoms with E-state index >= 15 is 0 Å². The Labute approximate surface area is 165 Å². The average molecular weight is 403 g/mol. The van der Waals surface area contributed by atoms with Crippen molar-refractivity contribution in [3.05, 3.63) is 64.1 Å². The van der Waals surface area contributed by atoms with E-state index in [0.717, 1.165) is 27.6 Å². The van der Waals surface area contributed by atoms with Gasteiger partial charge in [0, 0.05) is 38.3 Å². The number of aromatic nitrogens is 1. The molecule has 4 rings (SSSR count). The van der Waals surface area contributed by atoms with Crippen LogP contribution in [-0.4, -0.2) is 22.7 Å². The molecule has 1 unspecified atom stereocenters. The third-order valence-corrected chi connectivity index (χ3v) is 5.52. The fourth-order valence-corrected chi connectivity index (χ4v) is 3.93. The van der Waals surface area contributed by atoms with Crippen molar-refractivity contribution in [3.8, 4) is 22.1 Å². The van der Waals surface area contributed by atoms with Crippen LogP contribution < -0.4 is 9.47 Å². The Bertz CT molecular complexity index is 970. The Kier molecular flexibility index (Phi) is 5.01. The predicted octanol–water partition coefficient (Wildman–Crippen LogP) is 4.16. The molecule has 0 saturated heterocycles. The number of carbonyl (C=O) groups is 1. The second-order valence-corrected chi connectivity index (χ2v) is 7.57. The lowest BCUT2D eigenvalue weighted by Gasteiger charge is -2.07. The topological polar surface area (TPSA) is 71.3 Å². The molecule has 0 saturated carbocycles. The first-order valence-corrected chi connectivity index (χ1v) is 9.68. The maximum Gasteiger partial charge on any atom is 0.516 e. The van der Waals surface area contributed by atoms with Gasteiger partial charge in [0.2, 0.25) is 0 Å². The predicted molar refractivity (Wildman–Crippen MR) is 105 cm³/mol.